The van der Waals surface area contributed by atoms with Gasteiger partial charge in [0, 0.05) is 31.9 Å². The van der Waals surface area contributed by atoms with Gasteiger partial charge in [-0.15, -0.1) is 0 Å². The van der Waals surface area contributed by atoms with Crippen LogP contribution in [0.15, 0.2) is 60.7 Å². The standard InChI is InChI=1S/C28H33N3O4/c1-19(2)20-11-13-21(14-12-20)30-15-17-31(18-16-30)27(33)24-9-5-6-10-25(24)29-26(32)22-7-3-4-8-23(22)28(34)35/h3-6,9-14,19,22-23H,7-8,15-18H2,1-2H3,(H,29,32)(H,34,35)/t22-,23+/m0/s1. The monoisotopic (exact) mass is 475 g/mol. The van der Waals surface area contributed by atoms with E-state index < -0.39 is 17.8 Å². The maximum absolute atomic E-state index is 13.4. The molecule has 2 N–H and O–H groups in total. The summed E-state index contributed by atoms with van der Waals surface area (Å²) in [6.07, 6.45) is 4.35. The number of amides is 2. The van der Waals surface area contributed by atoms with Gasteiger partial charge in [0.1, 0.15) is 0 Å². The Kier molecular flexibility index (Phi) is 7.54. The van der Waals surface area contributed by atoms with Crippen molar-refractivity contribution in [3.05, 3.63) is 71.8 Å². The average Bonchev–Trinajstić information content (AvgIpc) is 2.88. The van der Waals surface area contributed by atoms with Gasteiger partial charge in [-0.05, 0) is 48.6 Å². The average molecular weight is 476 g/mol. The lowest BCUT2D eigenvalue weighted by molar-refractivity contribution is -0.146. The number of nitrogens with one attached hydrogen (secondary N) is 1. The molecule has 0 bridgehead atoms. The number of nitrogens with zero attached hydrogens (tertiary/aromatic N) is 2. The van der Waals surface area contributed by atoms with Gasteiger partial charge in [-0.2, -0.15) is 0 Å². The number of carboxylic acid groups (broad SMARTS) is 1. The molecule has 0 aromatic heterocycles. The molecule has 1 saturated heterocycles. The Morgan fingerprint density at radius 2 is 1.51 bits per heavy atom. The molecule has 1 aliphatic carbocycles. The summed E-state index contributed by atoms with van der Waals surface area (Å²) in [4.78, 5) is 42.0. The Morgan fingerprint density at radius 3 is 2.14 bits per heavy atom. The zero-order valence-corrected chi connectivity index (χ0v) is 20.3. The highest BCUT2D eigenvalue weighted by atomic mass is 16.4. The molecular weight excluding hydrogens is 442 g/mol. The van der Waals surface area contributed by atoms with Crippen molar-refractivity contribution in [1.29, 1.82) is 0 Å². The number of benzene rings is 2. The van der Waals surface area contributed by atoms with Gasteiger partial charge in [-0.25, -0.2) is 0 Å². The van der Waals surface area contributed by atoms with Crippen LogP contribution in [0.1, 0.15) is 48.5 Å². The van der Waals surface area contributed by atoms with Crippen molar-refractivity contribution in [2.75, 3.05) is 36.4 Å². The third-order valence-corrected chi connectivity index (χ3v) is 6.99. The number of carbonyl (C=O) groups is 3. The van der Waals surface area contributed by atoms with Gasteiger partial charge in [0.2, 0.25) is 5.91 Å². The molecule has 1 fully saturated rings. The van der Waals surface area contributed by atoms with Crippen LogP contribution in [0, 0.1) is 11.8 Å². The van der Waals surface area contributed by atoms with Crippen molar-refractivity contribution in [1.82, 2.24) is 4.90 Å². The molecule has 0 spiro atoms. The second kappa shape index (κ2) is 10.8. The lowest BCUT2D eigenvalue weighted by atomic mass is 9.82. The van der Waals surface area contributed by atoms with Crippen LogP contribution >= 0.6 is 0 Å². The van der Waals surface area contributed by atoms with Crippen LogP contribution in [0.25, 0.3) is 0 Å². The maximum Gasteiger partial charge on any atom is 0.307 e. The minimum absolute atomic E-state index is 0.131. The number of hydrogen-bond donors (Lipinski definition) is 2. The molecule has 184 valence electrons. The smallest absolute Gasteiger partial charge is 0.307 e. The number of allylic oxidation sites excluding steroid dienone is 2. The second-order valence-corrected chi connectivity index (χ2v) is 9.55. The molecule has 2 atom stereocenters. The summed E-state index contributed by atoms with van der Waals surface area (Å²) in [6.45, 7) is 6.99. The lowest BCUT2D eigenvalue weighted by Gasteiger charge is -2.36. The first-order valence-electron chi connectivity index (χ1n) is 12.3. The van der Waals surface area contributed by atoms with Crippen LogP contribution in [-0.2, 0) is 9.59 Å². The summed E-state index contributed by atoms with van der Waals surface area (Å²) in [5, 5.41) is 12.3. The van der Waals surface area contributed by atoms with Gasteiger partial charge in [0.25, 0.3) is 5.91 Å². The molecule has 4 rings (SSSR count). The minimum atomic E-state index is -0.976. The normalized spacial score (nSPS) is 20.1. The number of anilines is 2. The molecule has 0 saturated carbocycles. The van der Waals surface area contributed by atoms with Crippen molar-refractivity contribution in [2.45, 2.75) is 32.6 Å². The molecule has 0 unspecified atom stereocenters. The van der Waals surface area contributed by atoms with Crippen LogP contribution in [0.3, 0.4) is 0 Å². The summed E-state index contributed by atoms with van der Waals surface area (Å²) in [7, 11) is 0. The van der Waals surface area contributed by atoms with E-state index in [0.717, 1.165) is 18.8 Å². The molecule has 35 heavy (non-hydrogen) atoms. The van der Waals surface area contributed by atoms with E-state index in [1.807, 2.05) is 11.0 Å². The lowest BCUT2D eigenvalue weighted by Crippen LogP contribution is -2.49. The maximum atomic E-state index is 13.4. The molecule has 0 radical (unpaired) electrons. The second-order valence-electron chi connectivity index (χ2n) is 9.55. The summed E-state index contributed by atoms with van der Waals surface area (Å²) in [6, 6.07) is 15.6. The summed E-state index contributed by atoms with van der Waals surface area (Å²) in [5.74, 6) is -2.40. The first-order valence-corrected chi connectivity index (χ1v) is 12.3. The van der Waals surface area contributed by atoms with Crippen molar-refractivity contribution < 1.29 is 19.5 Å². The quantitative estimate of drug-likeness (QED) is 0.606. The number of piperazine rings is 1. The number of aliphatic carboxylic acids is 1. The molecule has 7 nitrogen and oxygen atoms in total. The molecule has 1 aliphatic heterocycles. The Hall–Kier alpha value is -3.61. The van der Waals surface area contributed by atoms with Crippen LogP contribution in [0.5, 0.6) is 0 Å². The van der Waals surface area contributed by atoms with E-state index in [2.05, 4.69) is 48.3 Å². The van der Waals surface area contributed by atoms with E-state index in [0.29, 0.717) is 43.1 Å². The van der Waals surface area contributed by atoms with Crippen LogP contribution in [-0.4, -0.2) is 54.0 Å². The Morgan fingerprint density at radius 1 is 0.886 bits per heavy atom. The number of carboxylic acids is 1. The highest BCUT2D eigenvalue weighted by Crippen LogP contribution is 2.28. The first kappa shape index (κ1) is 24.5. The van der Waals surface area contributed by atoms with Crippen LogP contribution in [0.2, 0.25) is 0 Å². The Labute approximate surface area is 206 Å². The molecule has 2 aromatic carbocycles. The fourth-order valence-electron chi connectivity index (χ4n) is 4.79. The third-order valence-electron chi connectivity index (χ3n) is 6.99. The Balaban J connectivity index is 1.41. The zero-order valence-electron chi connectivity index (χ0n) is 20.3. The van der Waals surface area contributed by atoms with E-state index in [1.165, 1.54) is 5.56 Å². The number of hydrogen-bond acceptors (Lipinski definition) is 4. The number of rotatable bonds is 6. The fraction of sp³-hybridized carbons (Fsp3) is 0.393. The van der Waals surface area contributed by atoms with Crippen molar-refractivity contribution in [3.8, 4) is 0 Å². The Bertz CT molecular complexity index is 1100. The van der Waals surface area contributed by atoms with E-state index >= 15 is 0 Å². The van der Waals surface area contributed by atoms with Crippen molar-refractivity contribution in [3.63, 3.8) is 0 Å². The van der Waals surface area contributed by atoms with E-state index in [1.54, 1.807) is 30.3 Å². The van der Waals surface area contributed by atoms with E-state index in [9.17, 15) is 19.5 Å². The largest absolute Gasteiger partial charge is 0.481 e. The van der Waals surface area contributed by atoms with E-state index in [-0.39, 0.29) is 11.8 Å². The van der Waals surface area contributed by atoms with Gasteiger partial charge < -0.3 is 20.2 Å². The highest BCUT2D eigenvalue weighted by molar-refractivity contribution is 6.04. The van der Waals surface area contributed by atoms with Gasteiger partial charge in [0.05, 0.1) is 23.1 Å². The van der Waals surface area contributed by atoms with Crippen molar-refractivity contribution in [2.24, 2.45) is 11.8 Å². The molecule has 1 heterocycles. The zero-order chi connectivity index (χ0) is 24.9. The van der Waals surface area contributed by atoms with Crippen LogP contribution < -0.4 is 10.2 Å². The van der Waals surface area contributed by atoms with Gasteiger partial charge >= 0.3 is 5.97 Å². The predicted molar refractivity (Wildman–Crippen MR) is 137 cm³/mol. The topological polar surface area (TPSA) is 90.0 Å². The molecule has 2 amide bonds. The summed E-state index contributed by atoms with van der Waals surface area (Å²) < 4.78 is 0. The number of carbonyl (C=O) groups excluding carboxylic acids is 2. The van der Waals surface area contributed by atoms with Gasteiger partial charge in [-0.3, -0.25) is 14.4 Å². The van der Waals surface area contributed by atoms with Gasteiger partial charge in [0.15, 0.2) is 0 Å². The third kappa shape index (κ3) is 5.56. The summed E-state index contributed by atoms with van der Waals surface area (Å²) >= 11 is 0. The molecular formula is C28H33N3O4. The molecule has 2 aliphatic rings. The number of para-hydroxylation sites is 1. The van der Waals surface area contributed by atoms with E-state index in [4.69, 9.17) is 0 Å². The summed E-state index contributed by atoms with van der Waals surface area (Å²) in [5.41, 5.74) is 3.31. The molecule has 7 heteroatoms. The minimum Gasteiger partial charge on any atom is -0.481 e. The molecule has 2 aromatic rings. The SMILES string of the molecule is CC(C)c1ccc(N2CCN(C(=O)c3ccccc3NC(=O)[C@H]3CC=CC[C@H]3C(=O)O)CC2)cc1. The first-order chi connectivity index (χ1) is 16.8. The fourth-order valence-corrected chi connectivity index (χ4v) is 4.79. The predicted octanol–water partition coefficient (Wildman–Crippen LogP) is 4.38. The van der Waals surface area contributed by atoms with Crippen LogP contribution in [0.4, 0.5) is 11.4 Å². The van der Waals surface area contributed by atoms with Crippen molar-refractivity contribution >= 4 is 29.2 Å². The highest BCUT2D eigenvalue weighted by Gasteiger charge is 2.34. The van der Waals surface area contributed by atoms with Gasteiger partial charge in [-0.1, -0.05) is 50.3 Å².